The lowest BCUT2D eigenvalue weighted by molar-refractivity contribution is 0.0364. The zero-order chi connectivity index (χ0) is 28.3. The van der Waals surface area contributed by atoms with Gasteiger partial charge < -0.3 is 20.3 Å². The number of hydrogen-bond donors (Lipinski definition) is 2. The first-order valence-corrected chi connectivity index (χ1v) is 14.6. The van der Waals surface area contributed by atoms with Gasteiger partial charge in [-0.05, 0) is 53.3 Å². The summed E-state index contributed by atoms with van der Waals surface area (Å²) in [6.45, 7) is 8.51. The Balaban J connectivity index is 1.21. The Bertz CT molecular complexity index is 1370. The Morgan fingerprint density at radius 2 is 1.68 bits per heavy atom. The van der Waals surface area contributed by atoms with E-state index < -0.39 is 0 Å². The highest BCUT2D eigenvalue weighted by atomic mass is 16.5. The molecule has 1 aromatic heterocycles. The van der Waals surface area contributed by atoms with Crippen molar-refractivity contribution in [3.8, 4) is 0 Å². The van der Waals surface area contributed by atoms with E-state index in [0.717, 1.165) is 63.4 Å². The van der Waals surface area contributed by atoms with Gasteiger partial charge in [0.25, 0.3) is 0 Å². The minimum atomic E-state index is -0.112. The summed E-state index contributed by atoms with van der Waals surface area (Å²) in [4.78, 5) is 26.4. The van der Waals surface area contributed by atoms with Crippen molar-refractivity contribution in [3.05, 3.63) is 102 Å². The van der Waals surface area contributed by atoms with Gasteiger partial charge in [-0.2, -0.15) is 0 Å². The Morgan fingerprint density at radius 1 is 0.951 bits per heavy atom. The van der Waals surface area contributed by atoms with Crippen molar-refractivity contribution in [2.75, 3.05) is 51.3 Å². The number of rotatable bonds is 12. The smallest absolute Gasteiger partial charge is 0.318 e. The second kappa shape index (κ2) is 14.6. The van der Waals surface area contributed by atoms with Crippen LogP contribution in [0.5, 0.6) is 0 Å². The van der Waals surface area contributed by atoms with Gasteiger partial charge in [0.1, 0.15) is 0 Å². The number of morpholine rings is 1. The molecule has 1 aliphatic heterocycles. The standard InChI is InChI=1S/C33H40N6O2/c1-26(30-10-4-8-29-7-2-3-9-31(29)30)37-33(40)39(20-6-19-38-21-23-41-24-22-38)25-28-13-11-27(12-14-28)15-18-36-32-34-16-5-17-35-32/h2-5,7-14,16-17,26H,6,15,18-25H2,1H3,(H,37,40)(H,34,35,36)/t26-/m0/s1. The second-order valence-electron chi connectivity index (χ2n) is 10.5. The molecule has 8 nitrogen and oxygen atoms in total. The van der Waals surface area contributed by atoms with Crippen LogP contribution in [0.25, 0.3) is 10.8 Å². The Morgan fingerprint density at radius 3 is 2.49 bits per heavy atom. The molecule has 0 aliphatic carbocycles. The molecule has 1 fully saturated rings. The highest BCUT2D eigenvalue weighted by molar-refractivity contribution is 5.86. The van der Waals surface area contributed by atoms with Crippen LogP contribution in [0, 0.1) is 0 Å². The van der Waals surface area contributed by atoms with Gasteiger partial charge in [0.2, 0.25) is 5.95 Å². The van der Waals surface area contributed by atoms with Crippen molar-refractivity contribution in [1.29, 1.82) is 0 Å². The minimum Gasteiger partial charge on any atom is -0.379 e. The number of carbonyl (C=O) groups is 1. The Hall–Kier alpha value is -4.01. The van der Waals surface area contributed by atoms with E-state index in [1.54, 1.807) is 18.5 Å². The van der Waals surface area contributed by atoms with Crippen molar-refractivity contribution in [1.82, 2.24) is 25.1 Å². The molecule has 4 aromatic rings. The van der Waals surface area contributed by atoms with Crippen LogP contribution in [0.2, 0.25) is 0 Å². The lowest BCUT2D eigenvalue weighted by Gasteiger charge is -2.29. The van der Waals surface area contributed by atoms with E-state index >= 15 is 0 Å². The summed E-state index contributed by atoms with van der Waals surface area (Å²) in [6.07, 6.45) is 5.25. The highest BCUT2D eigenvalue weighted by Gasteiger charge is 2.19. The predicted molar refractivity (Wildman–Crippen MR) is 164 cm³/mol. The quantitative estimate of drug-likeness (QED) is 0.249. The molecule has 0 bridgehead atoms. The van der Waals surface area contributed by atoms with Crippen LogP contribution >= 0.6 is 0 Å². The van der Waals surface area contributed by atoms with Crippen molar-refractivity contribution >= 4 is 22.8 Å². The van der Waals surface area contributed by atoms with Crippen LogP contribution in [-0.2, 0) is 17.7 Å². The third kappa shape index (κ3) is 8.25. The minimum absolute atomic E-state index is 0.0384. The molecule has 41 heavy (non-hydrogen) atoms. The molecule has 0 spiro atoms. The number of amides is 2. The van der Waals surface area contributed by atoms with Crippen molar-refractivity contribution in [2.45, 2.75) is 32.4 Å². The highest BCUT2D eigenvalue weighted by Crippen LogP contribution is 2.24. The number of ether oxygens (including phenoxy) is 1. The molecular formula is C33H40N6O2. The van der Waals surface area contributed by atoms with Gasteiger partial charge in [-0.3, -0.25) is 4.90 Å². The van der Waals surface area contributed by atoms with Crippen LogP contribution in [0.4, 0.5) is 10.7 Å². The number of aromatic nitrogens is 2. The molecule has 1 aliphatic rings. The molecule has 3 aromatic carbocycles. The van der Waals surface area contributed by atoms with E-state index in [1.807, 2.05) is 17.0 Å². The van der Waals surface area contributed by atoms with E-state index in [0.29, 0.717) is 19.0 Å². The van der Waals surface area contributed by atoms with Crippen LogP contribution in [-0.4, -0.2) is 71.7 Å². The van der Waals surface area contributed by atoms with E-state index in [4.69, 9.17) is 4.74 Å². The summed E-state index contributed by atoms with van der Waals surface area (Å²) in [5.41, 5.74) is 3.47. The van der Waals surface area contributed by atoms with Crippen molar-refractivity contribution in [2.24, 2.45) is 0 Å². The summed E-state index contributed by atoms with van der Waals surface area (Å²) in [7, 11) is 0. The number of nitrogens with one attached hydrogen (secondary N) is 2. The molecular weight excluding hydrogens is 512 g/mol. The summed E-state index contributed by atoms with van der Waals surface area (Å²) < 4.78 is 5.49. The average Bonchev–Trinajstić information content (AvgIpc) is 3.02. The van der Waals surface area contributed by atoms with Gasteiger partial charge in [-0.1, -0.05) is 66.7 Å². The van der Waals surface area contributed by atoms with Gasteiger partial charge in [0.05, 0.1) is 19.3 Å². The fraction of sp³-hybridized carbons (Fsp3) is 0.364. The summed E-state index contributed by atoms with van der Waals surface area (Å²) in [5.74, 6) is 0.639. The Kier molecular flexibility index (Phi) is 10.1. The molecule has 1 saturated heterocycles. The van der Waals surface area contributed by atoms with E-state index in [9.17, 15) is 4.79 Å². The predicted octanol–water partition coefficient (Wildman–Crippen LogP) is 5.28. The van der Waals surface area contributed by atoms with Crippen molar-refractivity contribution < 1.29 is 9.53 Å². The molecule has 5 rings (SSSR count). The number of carbonyl (C=O) groups excluding carboxylic acids is 1. The second-order valence-corrected chi connectivity index (χ2v) is 10.5. The number of fused-ring (bicyclic) bond motifs is 1. The van der Waals surface area contributed by atoms with Gasteiger partial charge in [0.15, 0.2) is 0 Å². The molecule has 0 saturated carbocycles. The van der Waals surface area contributed by atoms with E-state index in [-0.39, 0.29) is 12.1 Å². The van der Waals surface area contributed by atoms with Crippen LogP contribution in [0.15, 0.2) is 85.2 Å². The van der Waals surface area contributed by atoms with E-state index in [2.05, 4.69) is 87.0 Å². The zero-order valence-corrected chi connectivity index (χ0v) is 23.8. The number of hydrogen-bond acceptors (Lipinski definition) is 6. The van der Waals surface area contributed by atoms with Gasteiger partial charge >= 0.3 is 6.03 Å². The largest absolute Gasteiger partial charge is 0.379 e. The van der Waals surface area contributed by atoms with Gasteiger partial charge in [0, 0.05) is 51.7 Å². The average molecular weight is 553 g/mol. The molecule has 2 heterocycles. The number of urea groups is 1. The zero-order valence-electron chi connectivity index (χ0n) is 23.8. The summed E-state index contributed by atoms with van der Waals surface area (Å²) in [5, 5.41) is 8.89. The number of anilines is 1. The molecule has 0 unspecified atom stereocenters. The SMILES string of the molecule is C[C@H](NC(=O)N(CCCN1CCOCC1)Cc1ccc(CCNc2ncccn2)cc1)c1cccc2ccccc12. The molecule has 8 heteroatoms. The molecule has 214 valence electrons. The third-order valence-electron chi connectivity index (χ3n) is 7.58. The molecule has 1 atom stereocenters. The first-order valence-electron chi connectivity index (χ1n) is 14.6. The summed E-state index contributed by atoms with van der Waals surface area (Å²) in [6, 6.07) is 24.8. The fourth-order valence-corrected chi connectivity index (χ4v) is 5.29. The maximum atomic E-state index is 13.7. The number of benzene rings is 3. The Labute approximate surface area is 242 Å². The lowest BCUT2D eigenvalue weighted by atomic mass is 10.00. The van der Waals surface area contributed by atoms with Crippen LogP contribution in [0.3, 0.4) is 0 Å². The van der Waals surface area contributed by atoms with E-state index in [1.165, 1.54) is 16.3 Å². The van der Waals surface area contributed by atoms with Gasteiger partial charge in [-0.15, -0.1) is 0 Å². The topological polar surface area (TPSA) is 82.6 Å². The van der Waals surface area contributed by atoms with Crippen LogP contribution < -0.4 is 10.6 Å². The third-order valence-corrected chi connectivity index (χ3v) is 7.58. The lowest BCUT2D eigenvalue weighted by Crippen LogP contribution is -2.43. The number of nitrogens with zero attached hydrogens (tertiary/aromatic N) is 4. The molecule has 0 radical (unpaired) electrons. The fourth-order valence-electron chi connectivity index (χ4n) is 5.29. The van der Waals surface area contributed by atoms with Crippen molar-refractivity contribution in [3.63, 3.8) is 0 Å². The van der Waals surface area contributed by atoms with Crippen LogP contribution in [0.1, 0.15) is 36.1 Å². The molecule has 2 N–H and O–H groups in total. The molecule has 2 amide bonds. The van der Waals surface area contributed by atoms with Gasteiger partial charge in [-0.25, -0.2) is 14.8 Å². The normalized spacial score (nSPS) is 14.5. The monoisotopic (exact) mass is 552 g/mol. The maximum Gasteiger partial charge on any atom is 0.318 e. The first-order chi connectivity index (χ1) is 20.2. The first kappa shape index (κ1) is 28.5. The summed E-state index contributed by atoms with van der Waals surface area (Å²) >= 11 is 0. The maximum absolute atomic E-state index is 13.7.